The first-order valence-electron chi connectivity index (χ1n) is 8.21. The molecule has 3 amide bonds. The highest BCUT2D eigenvalue weighted by atomic mass is 16.2. The lowest BCUT2D eigenvalue weighted by Crippen LogP contribution is -2.63. The van der Waals surface area contributed by atoms with Gasteiger partial charge in [0.2, 0.25) is 0 Å². The van der Waals surface area contributed by atoms with Gasteiger partial charge < -0.3 is 5.73 Å². The van der Waals surface area contributed by atoms with Gasteiger partial charge >= 0.3 is 0 Å². The Hall–Kier alpha value is -2.58. The van der Waals surface area contributed by atoms with Crippen LogP contribution in [-0.4, -0.2) is 58.6 Å². The first-order chi connectivity index (χ1) is 12.0. The van der Waals surface area contributed by atoms with Gasteiger partial charge in [0.25, 0.3) is 17.7 Å². The summed E-state index contributed by atoms with van der Waals surface area (Å²) in [5.41, 5.74) is 9.15. The van der Waals surface area contributed by atoms with Crippen LogP contribution in [0.2, 0.25) is 0 Å². The number of nitrogens with one attached hydrogen (secondary N) is 1. The average molecular weight is 344 g/mol. The largest absolute Gasteiger partial charge is 0.328 e. The Morgan fingerprint density at radius 2 is 1.84 bits per heavy atom. The lowest BCUT2D eigenvalue weighted by molar-refractivity contribution is -0.148. The number of hydrazine groups is 1. The Kier molecular flexibility index (Phi) is 4.65. The molecule has 0 aromatic heterocycles. The van der Waals surface area contributed by atoms with Gasteiger partial charge in [-0.3, -0.25) is 29.1 Å². The summed E-state index contributed by atoms with van der Waals surface area (Å²) < 4.78 is 0. The molecule has 25 heavy (non-hydrogen) atoms. The molecule has 0 aliphatic carbocycles. The van der Waals surface area contributed by atoms with Crippen LogP contribution in [0.1, 0.15) is 40.5 Å². The zero-order valence-electron chi connectivity index (χ0n) is 13.9. The van der Waals surface area contributed by atoms with Crippen molar-refractivity contribution in [3.05, 3.63) is 35.4 Å². The zero-order valence-corrected chi connectivity index (χ0v) is 13.9. The predicted molar refractivity (Wildman–Crippen MR) is 88.3 cm³/mol. The third kappa shape index (κ3) is 2.83. The maximum Gasteiger partial charge on any atom is 0.262 e. The summed E-state index contributed by atoms with van der Waals surface area (Å²) in [4.78, 5) is 50.9. The van der Waals surface area contributed by atoms with Crippen LogP contribution in [0.25, 0.3) is 0 Å². The molecule has 1 saturated heterocycles. The topological polar surface area (TPSA) is 113 Å². The number of rotatable bonds is 4. The van der Waals surface area contributed by atoms with Crippen LogP contribution in [0.15, 0.2) is 24.3 Å². The van der Waals surface area contributed by atoms with E-state index in [9.17, 15) is 19.2 Å². The highest BCUT2D eigenvalue weighted by molar-refractivity contribution is 6.22. The van der Waals surface area contributed by atoms with E-state index in [2.05, 4.69) is 5.43 Å². The Balaban J connectivity index is 1.90. The Bertz CT molecular complexity index is 713. The summed E-state index contributed by atoms with van der Waals surface area (Å²) in [6.45, 7) is 1.74. The summed E-state index contributed by atoms with van der Waals surface area (Å²) in [5, 5.41) is 1.23. The van der Waals surface area contributed by atoms with Crippen molar-refractivity contribution >= 4 is 23.5 Å². The number of hydrogen-bond acceptors (Lipinski definition) is 6. The van der Waals surface area contributed by atoms with Crippen LogP contribution in [-0.2, 0) is 9.59 Å². The molecule has 8 nitrogen and oxygen atoms in total. The molecule has 2 unspecified atom stereocenters. The highest BCUT2D eigenvalue weighted by Gasteiger charge is 2.45. The van der Waals surface area contributed by atoms with E-state index in [0.29, 0.717) is 13.0 Å². The number of Topliss-reactive ketones (excluding diaryl/α,β-unsaturated/α-hetero) is 1. The second-order valence-corrected chi connectivity index (χ2v) is 6.16. The molecule has 0 bridgehead atoms. The van der Waals surface area contributed by atoms with Gasteiger partial charge in [-0.2, -0.15) is 0 Å². The third-order valence-corrected chi connectivity index (χ3v) is 4.60. The van der Waals surface area contributed by atoms with Crippen molar-refractivity contribution in [3.8, 4) is 0 Å². The lowest BCUT2D eigenvalue weighted by atomic mass is 10.0. The molecule has 2 aliphatic rings. The van der Waals surface area contributed by atoms with E-state index in [-0.39, 0.29) is 23.5 Å². The molecular weight excluding hydrogens is 324 g/mol. The minimum absolute atomic E-state index is 0.154. The third-order valence-electron chi connectivity index (χ3n) is 4.60. The monoisotopic (exact) mass is 344 g/mol. The molecule has 8 heteroatoms. The summed E-state index contributed by atoms with van der Waals surface area (Å²) in [7, 11) is 0. The fourth-order valence-electron chi connectivity index (χ4n) is 3.32. The molecule has 1 fully saturated rings. The minimum atomic E-state index is -1.15. The smallest absolute Gasteiger partial charge is 0.262 e. The number of fused-ring (bicyclic) bond motifs is 1. The normalized spacial score (nSPS) is 21.3. The second kappa shape index (κ2) is 6.73. The van der Waals surface area contributed by atoms with Crippen LogP contribution in [0.3, 0.4) is 0 Å². The average Bonchev–Trinajstić information content (AvgIpc) is 2.88. The molecule has 2 aliphatic heterocycles. The zero-order chi connectivity index (χ0) is 18.1. The van der Waals surface area contributed by atoms with E-state index in [4.69, 9.17) is 5.73 Å². The van der Waals surface area contributed by atoms with Gasteiger partial charge in [-0.1, -0.05) is 12.1 Å². The first kappa shape index (κ1) is 17.2. The number of carbonyl (C=O) groups excluding carboxylic acids is 4. The molecule has 1 aromatic rings. The van der Waals surface area contributed by atoms with Gasteiger partial charge in [0.05, 0.1) is 11.1 Å². The molecule has 0 radical (unpaired) electrons. The quantitative estimate of drug-likeness (QED) is 0.725. The number of benzene rings is 1. The van der Waals surface area contributed by atoms with E-state index in [0.717, 1.165) is 11.3 Å². The molecule has 2 atom stereocenters. The standard InChI is InChI=1S/C17H20N4O4/c1-10(22)13-7-4-8-19-21(13)17(25)14(9-18)20-15(23)11-5-2-3-6-12(11)16(20)24/h2-3,5-6,13-14,19H,4,7-9,18H2,1H3. The van der Waals surface area contributed by atoms with Crippen molar-refractivity contribution in [2.24, 2.45) is 5.73 Å². The lowest BCUT2D eigenvalue weighted by Gasteiger charge is -2.38. The maximum atomic E-state index is 13.0. The first-order valence-corrected chi connectivity index (χ1v) is 8.21. The summed E-state index contributed by atoms with van der Waals surface area (Å²) in [6, 6.07) is 4.64. The van der Waals surface area contributed by atoms with Crippen molar-refractivity contribution < 1.29 is 19.2 Å². The van der Waals surface area contributed by atoms with Crippen molar-refractivity contribution in [1.29, 1.82) is 0 Å². The van der Waals surface area contributed by atoms with E-state index in [1.807, 2.05) is 0 Å². The molecule has 0 saturated carbocycles. The number of amides is 3. The van der Waals surface area contributed by atoms with Crippen LogP contribution < -0.4 is 11.2 Å². The van der Waals surface area contributed by atoms with E-state index in [1.54, 1.807) is 24.3 Å². The molecule has 1 aromatic carbocycles. The van der Waals surface area contributed by atoms with Crippen molar-refractivity contribution in [1.82, 2.24) is 15.3 Å². The van der Waals surface area contributed by atoms with Gasteiger partial charge in [-0.05, 0) is 31.9 Å². The van der Waals surface area contributed by atoms with E-state index >= 15 is 0 Å². The number of hydrogen-bond donors (Lipinski definition) is 2. The maximum absolute atomic E-state index is 13.0. The number of imide groups is 1. The molecule has 2 heterocycles. The number of nitrogens with zero attached hydrogens (tertiary/aromatic N) is 2. The summed E-state index contributed by atoms with van der Waals surface area (Å²) >= 11 is 0. The predicted octanol–water partition coefficient (Wildman–Crippen LogP) is -0.305. The Morgan fingerprint density at radius 3 is 2.36 bits per heavy atom. The van der Waals surface area contributed by atoms with Gasteiger partial charge in [-0.25, -0.2) is 5.43 Å². The number of ketones is 1. The molecule has 0 spiro atoms. The molecule has 132 valence electrons. The van der Waals surface area contributed by atoms with Gasteiger partial charge in [0.1, 0.15) is 12.1 Å². The second-order valence-electron chi connectivity index (χ2n) is 6.16. The molecular formula is C17H20N4O4. The van der Waals surface area contributed by atoms with Crippen molar-refractivity contribution in [2.75, 3.05) is 13.1 Å². The van der Waals surface area contributed by atoms with Crippen LogP contribution in [0.4, 0.5) is 0 Å². The summed E-state index contributed by atoms with van der Waals surface area (Å²) in [5.74, 6) is -1.78. The summed E-state index contributed by atoms with van der Waals surface area (Å²) in [6.07, 6.45) is 1.29. The highest BCUT2D eigenvalue weighted by Crippen LogP contribution is 2.25. The van der Waals surface area contributed by atoms with Gasteiger partial charge in [-0.15, -0.1) is 0 Å². The Morgan fingerprint density at radius 1 is 1.24 bits per heavy atom. The SMILES string of the molecule is CC(=O)C1CCCNN1C(=O)C(CN)N1C(=O)c2ccccc2C1=O. The van der Waals surface area contributed by atoms with Gasteiger partial charge in [0, 0.05) is 13.1 Å². The molecule has 3 N–H and O–H groups in total. The fourth-order valence-corrected chi connectivity index (χ4v) is 3.32. The minimum Gasteiger partial charge on any atom is -0.328 e. The van der Waals surface area contributed by atoms with E-state index in [1.165, 1.54) is 11.9 Å². The number of nitrogens with two attached hydrogens (primary N) is 1. The van der Waals surface area contributed by atoms with E-state index < -0.39 is 29.8 Å². The van der Waals surface area contributed by atoms with Crippen molar-refractivity contribution in [2.45, 2.75) is 31.8 Å². The van der Waals surface area contributed by atoms with Gasteiger partial charge in [0.15, 0.2) is 5.78 Å². The van der Waals surface area contributed by atoms with Crippen LogP contribution >= 0.6 is 0 Å². The Labute approximate surface area is 144 Å². The van der Waals surface area contributed by atoms with Crippen molar-refractivity contribution in [3.63, 3.8) is 0 Å². The molecule has 3 rings (SSSR count). The fraction of sp³-hybridized carbons (Fsp3) is 0.412. The number of carbonyl (C=O) groups is 4. The van der Waals surface area contributed by atoms with Crippen LogP contribution in [0.5, 0.6) is 0 Å². The van der Waals surface area contributed by atoms with Crippen LogP contribution in [0, 0.1) is 0 Å².